The lowest BCUT2D eigenvalue weighted by molar-refractivity contribution is -0.121. The summed E-state index contributed by atoms with van der Waals surface area (Å²) in [5, 5.41) is 3.28. The number of urea groups is 1. The van der Waals surface area contributed by atoms with Gasteiger partial charge in [-0.1, -0.05) is 17.4 Å². The second-order valence-corrected chi connectivity index (χ2v) is 8.47. The van der Waals surface area contributed by atoms with Crippen molar-refractivity contribution >= 4 is 34.3 Å². The van der Waals surface area contributed by atoms with Crippen LogP contribution in [0.2, 0.25) is 0 Å². The van der Waals surface area contributed by atoms with Gasteiger partial charge in [-0.25, -0.2) is 9.78 Å². The Morgan fingerprint density at radius 3 is 2.86 bits per heavy atom. The Kier molecular flexibility index (Phi) is 4.99. The molecule has 0 unspecified atom stereocenters. The lowest BCUT2D eigenvalue weighted by Gasteiger charge is -2.25. The van der Waals surface area contributed by atoms with Gasteiger partial charge >= 0.3 is 6.03 Å². The molecule has 1 saturated heterocycles. The van der Waals surface area contributed by atoms with E-state index in [0.29, 0.717) is 24.6 Å². The molecular formula is C20H23N5O3S. The molecule has 0 aliphatic carbocycles. The van der Waals surface area contributed by atoms with Gasteiger partial charge in [0.05, 0.1) is 10.6 Å². The highest BCUT2D eigenvalue weighted by atomic mass is 32.1. The van der Waals surface area contributed by atoms with Crippen LogP contribution in [0.25, 0.3) is 10.4 Å². The molecule has 1 aromatic carbocycles. The number of carbonyl (C=O) groups is 3. The Morgan fingerprint density at radius 2 is 2.10 bits per heavy atom. The van der Waals surface area contributed by atoms with Crippen molar-refractivity contribution in [1.82, 2.24) is 14.8 Å². The Balaban J connectivity index is 1.55. The fourth-order valence-corrected chi connectivity index (χ4v) is 4.88. The van der Waals surface area contributed by atoms with Gasteiger partial charge < -0.3 is 15.5 Å². The number of likely N-dealkylation sites (N-methyl/N-ethyl adjacent to an activating group) is 1. The molecule has 1 atom stereocenters. The molecule has 2 aromatic rings. The average Bonchev–Trinajstić information content (AvgIpc) is 3.31. The van der Waals surface area contributed by atoms with Crippen LogP contribution in [-0.2, 0) is 11.2 Å². The standard InChI is InChI=1S/C20H23N5O3S/c1-11-16(13-5-6-14-12(10-13)7-9-24(2)18(14)27)29-19(22-11)23-20(28)25-8-3-4-15(25)17(21)26/h5-6,10,15H,3-4,7-9H2,1-2H3,(H2,21,26)(H,22,23,28)/t15-/m0/s1. The molecule has 3 N–H and O–H groups in total. The lowest BCUT2D eigenvalue weighted by atomic mass is 9.96. The van der Waals surface area contributed by atoms with Crippen molar-refractivity contribution in [3.63, 3.8) is 0 Å². The molecule has 9 heteroatoms. The number of hydrogen-bond donors (Lipinski definition) is 2. The highest BCUT2D eigenvalue weighted by Crippen LogP contribution is 2.35. The van der Waals surface area contributed by atoms with Gasteiger partial charge in [0.2, 0.25) is 5.91 Å². The third-order valence-corrected chi connectivity index (χ3v) is 6.64. The number of hydrogen-bond acceptors (Lipinski definition) is 5. The smallest absolute Gasteiger partial charge is 0.324 e. The predicted molar refractivity (Wildman–Crippen MR) is 111 cm³/mol. The third kappa shape index (κ3) is 3.57. The largest absolute Gasteiger partial charge is 0.368 e. The van der Waals surface area contributed by atoms with Gasteiger partial charge in [-0.3, -0.25) is 14.9 Å². The molecule has 1 fully saturated rings. The van der Waals surface area contributed by atoms with Crippen molar-refractivity contribution in [3.8, 4) is 10.4 Å². The van der Waals surface area contributed by atoms with Crippen molar-refractivity contribution in [2.75, 3.05) is 25.5 Å². The molecule has 0 bridgehead atoms. The van der Waals surface area contributed by atoms with Gasteiger partial charge in [0, 0.05) is 25.7 Å². The number of aromatic nitrogens is 1. The van der Waals surface area contributed by atoms with E-state index < -0.39 is 11.9 Å². The summed E-state index contributed by atoms with van der Waals surface area (Å²) < 4.78 is 0. The van der Waals surface area contributed by atoms with E-state index in [1.54, 1.807) is 4.90 Å². The Hall–Kier alpha value is -2.94. The molecule has 29 heavy (non-hydrogen) atoms. The first kappa shape index (κ1) is 19.4. The van der Waals surface area contributed by atoms with Gasteiger partial charge in [-0.05, 0) is 49.4 Å². The van der Waals surface area contributed by atoms with Crippen LogP contribution in [0, 0.1) is 6.92 Å². The quantitative estimate of drug-likeness (QED) is 0.804. The van der Waals surface area contributed by atoms with Crippen LogP contribution in [0.4, 0.5) is 9.93 Å². The van der Waals surface area contributed by atoms with Crippen LogP contribution in [0.1, 0.15) is 34.5 Å². The van der Waals surface area contributed by atoms with E-state index in [9.17, 15) is 14.4 Å². The topological polar surface area (TPSA) is 109 Å². The molecule has 4 amide bonds. The first-order valence-corrected chi connectivity index (χ1v) is 10.4. The Morgan fingerprint density at radius 1 is 1.31 bits per heavy atom. The van der Waals surface area contributed by atoms with Crippen LogP contribution >= 0.6 is 11.3 Å². The summed E-state index contributed by atoms with van der Waals surface area (Å²) in [5.41, 5.74) is 8.95. The maximum absolute atomic E-state index is 12.6. The van der Waals surface area contributed by atoms with E-state index in [1.807, 2.05) is 32.2 Å². The molecule has 0 spiro atoms. The molecule has 3 heterocycles. The number of anilines is 1. The van der Waals surface area contributed by atoms with E-state index >= 15 is 0 Å². The van der Waals surface area contributed by atoms with Crippen LogP contribution in [0.5, 0.6) is 0 Å². The fraction of sp³-hybridized carbons (Fsp3) is 0.400. The summed E-state index contributed by atoms with van der Waals surface area (Å²) in [7, 11) is 1.81. The van der Waals surface area contributed by atoms with Gasteiger partial charge in [0.25, 0.3) is 5.91 Å². The summed E-state index contributed by atoms with van der Waals surface area (Å²) in [5.74, 6) is -0.440. The number of amides is 4. The highest BCUT2D eigenvalue weighted by Gasteiger charge is 2.33. The summed E-state index contributed by atoms with van der Waals surface area (Å²) in [6.07, 6.45) is 2.16. The molecule has 152 valence electrons. The number of thiazole rings is 1. The zero-order valence-corrected chi connectivity index (χ0v) is 17.2. The zero-order chi connectivity index (χ0) is 20.7. The highest BCUT2D eigenvalue weighted by molar-refractivity contribution is 7.19. The van der Waals surface area contributed by atoms with E-state index in [1.165, 1.54) is 16.2 Å². The summed E-state index contributed by atoms with van der Waals surface area (Å²) in [6, 6.07) is 4.90. The molecule has 2 aliphatic rings. The number of benzene rings is 1. The normalized spacial score (nSPS) is 18.7. The molecule has 1 aromatic heterocycles. The fourth-order valence-electron chi connectivity index (χ4n) is 3.93. The lowest BCUT2D eigenvalue weighted by Crippen LogP contribution is -2.45. The minimum absolute atomic E-state index is 0.0430. The van der Waals surface area contributed by atoms with E-state index in [4.69, 9.17) is 5.73 Å². The number of aryl methyl sites for hydroxylation is 1. The van der Waals surface area contributed by atoms with Gasteiger partial charge in [-0.15, -0.1) is 0 Å². The monoisotopic (exact) mass is 413 g/mol. The number of nitrogens with zero attached hydrogens (tertiary/aromatic N) is 3. The number of primary amides is 1. The van der Waals surface area contributed by atoms with Crippen molar-refractivity contribution in [1.29, 1.82) is 0 Å². The second-order valence-electron chi connectivity index (χ2n) is 7.47. The number of likely N-dealkylation sites (tertiary alicyclic amines) is 1. The maximum Gasteiger partial charge on any atom is 0.324 e. The molecule has 0 radical (unpaired) electrons. The molecule has 4 rings (SSSR count). The number of nitrogens with one attached hydrogen (secondary N) is 1. The number of rotatable bonds is 3. The molecule has 0 saturated carbocycles. The van der Waals surface area contributed by atoms with Crippen molar-refractivity contribution < 1.29 is 14.4 Å². The van der Waals surface area contributed by atoms with E-state index in [-0.39, 0.29) is 11.9 Å². The summed E-state index contributed by atoms with van der Waals surface area (Å²) in [6.45, 7) is 3.10. The Labute approximate surface area is 172 Å². The van der Waals surface area contributed by atoms with Gasteiger partial charge in [0.1, 0.15) is 6.04 Å². The van der Waals surface area contributed by atoms with Gasteiger partial charge in [-0.2, -0.15) is 0 Å². The molecule has 2 aliphatic heterocycles. The summed E-state index contributed by atoms with van der Waals surface area (Å²) >= 11 is 1.38. The number of nitrogens with two attached hydrogens (primary N) is 1. The minimum Gasteiger partial charge on any atom is -0.368 e. The Bertz CT molecular complexity index is 1000. The number of carbonyl (C=O) groups excluding carboxylic acids is 3. The molecular weight excluding hydrogens is 390 g/mol. The summed E-state index contributed by atoms with van der Waals surface area (Å²) in [4.78, 5) is 45.0. The number of fused-ring (bicyclic) bond motifs is 1. The average molecular weight is 414 g/mol. The predicted octanol–water partition coefficient (Wildman–Crippen LogP) is 2.23. The van der Waals surface area contributed by atoms with Gasteiger partial charge in [0.15, 0.2) is 5.13 Å². The van der Waals surface area contributed by atoms with Crippen molar-refractivity contribution in [3.05, 3.63) is 35.0 Å². The zero-order valence-electron chi connectivity index (χ0n) is 16.4. The van der Waals surface area contributed by atoms with E-state index in [0.717, 1.165) is 40.1 Å². The first-order chi connectivity index (χ1) is 13.8. The van der Waals surface area contributed by atoms with Crippen LogP contribution < -0.4 is 11.1 Å². The van der Waals surface area contributed by atoms with Crippen LogP contribution in [-0.4, -0.2) is 58.8 Å². The van der Waals surface area contributed by atoms with Crippen LogP contribution in [0.15, 0.2) is 18.2 Å². The first-order valence-electron chi connectivity index (χ1n) is 9.58. The maximum atomic E-state index is 12.6. The van der Waals surface area contributed by atoms with Crippen LogP contribution in [0.3, 0.4) is 0 Å². The van der Waals surface area contributed by atoms with Crippen molar-refractivity contribution in [2.24, 2.45) is 5.73 Å². The third-order valence-electron chi connectivity index (χ3n) is 5.51. The second kappa shape index (κ2) is 7.47. The molecule has 8 nitrogen and oxygen atoms in total. The van der Waals surface area contributed by atoms with Crippen molar-refractivity contribution in [2.45, 2.75) is 32.2 Å². The SMILES string of the molecule is Cc1nc(NC(=O)N2CCC[C@H]2C(N)=O)sc1-c1ccc2c(c1)CCN(C)C2=O. The minimum atomic E-state index is -0.563. The van der Waals surface area contributed by atoms with E-state index in [2.05, 4.69) is 10.3 Å².